The lowest BCUT2D eigenvalue weighted by Crippen LogP contribution is -2.54. The summed E-state index contributed by atoms with van der Waals surface area (Å²) in [5, 5.41) is 18.6. The summed E-state index contributed by atoms with van der Waals surface area (Å²) >= 11 is 0. The van der Waals surface area contributed by atoms with Gasteiger partial charge in [0, 0.05) is 14.2 Å². The van der Waals surface area contributed by atoms with Crippen LogP contribution in [0.2, 0.25) is 0 Å². The monoisotopic (exact) mass is 178 g/mol. The van der Waals surface area contributed by atoms with Crippen LogP contribution in [0.3, 0.4) is 0 Å². The maximum atomic E-state index is 9.35. The summed E-state index contributed by atoms with van der Waals surface area (Å²) in [6, 6.07) is 0. The van der Waals surface area contributed by atoms with E-state index in [0.717, 1.165) is 0 Å². The van der Waals surface area contributed by atoms with Gasteiger partial charge in [-0.2, -0.15) is 0 Å². The largest absolute Gasteiger partial charge is 0.388 e. The summed E-state index contributed by atoms with van der Waals surface area (Å²) in [6.07, 6.45) is -2.93. The highest BCUT2D eigenvalue weighted by atomic mass is 16.7. The van der Waals surface area contributed by atoms with Crippen molar-refractivity contribution < 1.29 is 24.4 Å². The van der Waals surface area contributed by atoms with Gasteiger partial charge in [0.2, 0.25) is 0 Å². The fourth-order valence-electron chi connectivity index (χ4n) is 1.31. The first kappa shape index (κ1) is 9.88. The van der Waals surface area contributed by atoms with Gasteiger partial charge in [0.1, 0.15) is 18.3 Å². The molecular weight excluding hydrogens is 164 g/mol. The summed E-state index contributed by atoms with van der Waals surface area (Å²) in [5.74, 6) is 0. The summed E-state index contributed by atoms with van der Waals surface area (Å²) in [5.41, 5.74) is 0. The van der Waals surface area contributed by atoms with E-state index in [-0.39, 0.29) is 6.61 Å². The molecule has 5 nitrogen and oxygen atoms in total. The molecule has 0 saturated carbocycles. The van der Waals surface area contributed by atoms with Gasteiger partial charge in [-0.25, -0.2) is 0 Å². The molecule has 2 N–H and O–H groups in total. The van der Waals surface area contributed by atoms with Crippen molar-refractivity contribution >= 4 is 0 Å². The van der Waals surface area contributed by atoms with E-state index in [4.69, 9.17) is 14.2 Å². The molecule has 0 radical (unpaired) electrons. The van der Waals surface area contributed by atoms with E-state index in [1.54, 1.807) is 0 Å². The standard InChI is InChI=1S/C7H14O5/c1-10-5-4(8)3-12-7(9)6(5)11-2/h4-9H,3H2,1-2H3/t4-,5-,6+,7?/m0/s1. The van der Waals surface area contributed by atoms with Crippen molar-refractivity contribution in [3.8, 4) is 0 Å². The molecule has 4 atom stereocenters. The van der Waals surface area contributed by atoms with Crippen molar-refractivity contribution in [3.05, 3.63) is 0 Å². The number of methoxy groups -OCH3 is 2. The Morgan fingerprint density at radius 3 is 2.17 bits per heavy atom. The Labute approximate surface area is 70.9 Å². The molecule has 1 saturated heterocycles. The second kappa shape index (κ2) is 4.15. The van der Waals surface area contributed by atoms with Crippen LogP contribution in [0.4, 0.5) is 0 Å². The van der Waals surface area contributed by atoms with Gasteiger partial charge in [-0.3, -0.25) is 0 Å². The Morgan fingerprint density at radius 2 is 1.75 bits per heavy atom. The van der Waals surface area contributed by atoms with E-state index in [2.05, 4.69) is 0 Å². The Balaban J connectivity index is 2.61. The molecule has 1 aliphatic heterocycles. The van der Waals surface area contributed by atoms with Gasteiger partial charge in [-0.05, 0) is 0 Å². The fourth-order valence-corrected chi connectivity index (χ4v) is 1.31. The third-order valence-electron chi connectivity index (χ3n) is 1.97. The Bertz CT molecular complexity index is 124. The Morgan fingerprint density at radius 1 is 1.17 bits per heavy atom. The van der Waals surface area contributed by atoms with Crippen LogP contribution in [0, 0.1) is 0 Å². The average Bonchev–Trinajstić information content (AvgIpc) is 2.08. The molecule has 1 aliphatic rings. The zero-order chi connectivity index (χ0) is 9.14. The summed E-state index contributed by atoms with van der Waals surface area (Å²) in [7, 11) is 2.89. The predicted octanol–water partition coefficient (Wildman–Crippen LogP) is -1.27. The molecule has 5 heteroatoms. The molecule has 12 heavy (non-hydrogen) atoms. The van der Waals surface area contributed by atoms with Crippen LogP contribution in [0.5, 0.6) is 0 Å². The van der Waals surface area contributed by atoms with Crippen LogP contribution in [0.1, 0.15) is 0 Å². The van der Waals surface area contributed by atoms with Gasteiger partial charge in [-0.1, -0.05) is 0 Å². The number of rotatable bonds is 2. The number of ether oxygens (including phenoxy) is 3. The van der Waals surface area contributed by atoms with Crippen molar-refractivity contribution in [3.63, 3.8) is 0 Å². The van der Waals surface area contributed by atoms with Crippen LogP contribution < -0.4 is 0 Å². The third kappa shape index (κ3) is 1.75. The van der Waals surface area contributed by atoms with Crippen LogP contribution in [-0.2, 0) is 14.2 Å². The van der Waals surface area contributed by atoms with Crippen LogP contribution in [0.25, 0.3) is 0 Å². The minimum atomic E-state index is -1.02. The number of hydrogen-bond acceptors (Lipinski definition) is 5. The molecule has 1 rings (SSSR count). The smallest absolute Gasteiger partial charge is 0.183 e. The molecule has 0 aromatic heterocycles. The van der Waals surface area contributed by atoms with Gasteiger partial charge in [0.15, 0.2) is 6.29 Å². The minimum Gasteiger partial charge on any atom is -0.388 e. The predicted molar refractivity (Wildman–Crippen MR) is 39.6 cm³/mol. The maximum Gasteiger partial charge on any atom is 0.183 e. The molecule has 1 heterocycles. The zero-order valence-corrected chi connectivity index (χ0v) is 7.14. The summed E-state index contributed by atoms with van der Waals surface area (Å²) in [6.45, 7) is 0.0690. The fraction of sp³-hybridized carbons (Fsp3) is 1.00. The molecule has 0 aromatic carbocycles. The summed E-state index contributed by atoms with van der Waals surface area (Å²) < 4.78 is 14.7. The SMILES string of the molecule is CO[C@H]1[C@@H](O)COC(O)[C@@H]1OC. The minimum absolute atomic E-state index is 0.0690. The summed E-state index contributed by atoms with van der Waals surface area (Å²) in [4.78, 5) is 0. The normalized spacial score (nSPS) is 43.0. The molecule has 0 spiro atoms. The van der Waals surface area contributed by atoms with Crippen molar-refractivity contribution in [1.29, 1.82) is 0 Å². The maximum absolute atomic E-state index is 9.35. The molecule has 1 fully saturated rings. The third-order valence-corrected chi connectivity index (χ3v) is 1.97. The molecule has 72 valence electrons. The van der Waals surface area contributed by atoms with E-state index in [0.29, 0.717) is 0 Å². The quantitative estimate of drug-likeness (QED) is 0.551. The van der Waals surface area contributed by atoms with E-state index in [1.165, 1.54) is 14.2 Å². The molecule has 0 aliphatic carbocycles. The molecule has 0 amide bonds. The van der Waals surface area contributed by atoms with Crippen LogP contribution >= 0.6 is 0 Å². The van der Waals surface area contributed by atoms with Gasteiger partial charge in [0.25, 0.3) is 0 Å². The first-order valence-electron chi connectivity index (χ1n) is 3.74. The van der Waals surface area contributed by atoms with E-state index in [9.17, 15) is 10.2 Å². The van der Waals surface area contributed by atoms with Crippen LogP contribution in [0.15, 0.2) is 0 Å². The lowest BCUT2D eigenvalue weighted by atomic mass is 10.1. The van der Waals surface area contributed by atoms with Gasteiger partial charge in [-0.15, -0.1) is 0 Å². The van der Waals surface area contributed by atoms with Crippen LogP contribution in [-0.4, -0.2) is 55.6 Å². The first-order chi connectivity index (χ1) is 5.70. The first-order valence-corrected chi connectivity index (χ1v) is 3.74. The lowest BCUT2D eigenvalue weighted by molar-refractivity contribution is -0.264. The van der Waals surface area contributed by atoms with E-state index >= 15 is 0 Å². The number of aliphatic hydroxyl groups is 2. The Kier molecular flexibility index (Phi) is 3.42. The second-order valence-corrected chi connectivity index (χ2v) is 2.69. The van der Waals surface area contributed by atoms with Gasteiger partial charge < -0.3 is 24.4 Å². The Hall–Kier alpha value is -0.200. The molecule has 0 bridgehead atoms. The lowest BCUT2D eigenvalue weighted by Gasteiger charge is -2.36. The topological polar surface area (TPSA) is 68.2 Å². The van der Waals surface area contributed by atoms with Gasteiger partial charge in [0.05, 0.1) is 6.61 Å². The van der Waals surface area contributed by atoms with Crippen molar-refractivity contribution in [2.75, 3.05) is 20.8 Å². The highest BCUT2D eigenvalue weighted by Gasteiger charge is 2.39. The highest BCUT2D eigenvalue weighted by molar-refractivity contribution is 4.84. The second-order valence-electron chi connectivity index (χ2n) is 2.69. The average molecular weight is 178 g/mol. The van der Waals surface area contributed by atoms with Crippen molar-refractivity contribution in [1.82, 2.24) is 0 Å². The van der Waals surface area contributed by atoms with Crippen molar-refractivity contribution in [2.45, 2.75) is 24.6 Å². The molecule has 1 unspecified atom stereocenters. The van der Waals surface area contributed by atoms with E-state index in [1.807, 2.05) is 0 Å². The molecule has 0 aromatic rings. The molecular formula is C7H14O5. The number of hydrogen-bond donors (Lipinski definition) is 2. The number of aliphatic hydroxyl groups excluding tert-OH is 2. The van der Waals surface area contributed by atoms with Crippen molar-refractivity contribution in [2.24, 2.45) is 0 Å². The zero-order valence-electron chi connectivity index (χ0n) is 7.14. The van der Waals surface area contributed by atoms with Gasteiger partial charge >= 0.3 is 0 Å². The van der Waals surface area contributed by atoms with E-state index < -0.39 is 24.6 Å². The highest BCUT2D eigenvalue weighted by Crippen LogP contribution is 2.18.